The molecule has 0 spiro atoms. The first-order chi connectivity index (χ1) is 22.7. The Labute approximate surface area is 284 Å². The molecule has 2 saturated heterocycles. The highest BCUT2D eigenvalue weighted by molar-refractivity contribution is 7.80. The van der Waals surface area contributed by atoms with Gasteiger partial charge in [0.05, 0.1) is 36.4 Å². The van der Waals surface area contributed by atoms with Gasteiger partial charge in [-0.2, -0.15) is 0 Å². The van der Waals surface area contributed by atoms with E-state index in [1.54, 1.807) is 61.5 Å². The lowest BCUT2D eigenvalue weighted by Gasteiger charge is -2.36. The number of amides is 2. The van der Waals surface area contributed by atoms with Crippen LogP contribution in [0.2, 0.25) is 5.02 Å². The smallest absolute Gasteiger partial charge is 0.338 e. The Kier molecular flexibility index (Phi) is 11.3. The quantitative estimate of drug-likeness (QED) is 0.204. The Hall–Kier alpha value is -4.26. The predicted molar refractivity (Wildman–Crippen MR) is 184 cm³/mol. The molecule has 47 heavy (non-hydrogen) atoms. The molecule has 0 saturated carbocycles. The monoisotopic (exact) mass is 681 g/mol. The van der Waals surface area contributed by atoms with Crippen molar-refractivity contribution >= 4 is 63.8 Å². The van der Waals surface area contributed by atoms with E-state index in [1.807, 2.05) is 4.90 Å². The standard InChI is InChI=1S/C34H37ClFN5O5S/c1-3-46-33(44)23-5-9-25(10-6-23)37-31(42)22-29-32(43)41(27-13-14-30(45-2)28(35)21-27)34(47)40(29)16-4-15-38-17-19-39(20-18-38)26-11-7-24(36)8-12-26/h5-14,21,29H,3-4,15-20,22H2,1-2H3,(H,37,42)/t29-/m1/s1. The number of nitrogens with zero attached hydrogens (tertiary/aromatic N) is 4. The summed E-state index contributed by atoms with van der Waals surface area (Å²) in [6.45, 7) is 6.58. The number of carbonyl (C=O) groups excluding carboxylic acids is 3. The zero-order chi connectivity index (χ0) is 33.5. The molecule has 2 amide bonds. The predicted octanol–water partition coefficient (Wildman–Crippen LogP) is 5.21. The maximum Gasteiger partial charge on any atom is 0.338 e. The van der Waals surface area contributed by atoms with Crippen LogP contribution in [0.5, 0.6) is 5.75 Å². The van der Waals surface area contributed by atoms with Crippen LogP contribution in [0.4, 0.5) is 21.5 Å². The van der Waals surface area contributed by atoms with E-state index >= 15 is 0 Å². The number of carbonyl (C=O) groups is 3. The highest BCUT2D eigenvalue weighted by Gasteiger charge is 2.44. The molecule has 13 heteroatoms. The first-order valence-corrected chi connectivity index (χ1v) is 16.2. The van der Waals surface area contributed by atoms with Crippen LogP contribution in [-0.4, -0.2) is 91.7 Å². The maximum atomic E-state index is 13.9. The zero-order valence-electron chi connectivity index (χ0n) is 26.3. The van der Waals surface area contributed by atoms with Gasteiger partial charge in [-0.25, -0.2) is 9.18 Å². The van der Waals surface area contributed by atoms with E-state index in [4.69, 9.17) is 33.3 Å². The van der Waals surface area contributed by atoms with Gasteiger partial charge in [-0.1, -0.05) is 11.6 Å². The van der Waals surface area contributed by atoms with E-state index < -0.39 is 12.0 Å². The van der Waals surface area contributed by atoms with Gasteiger partial charge < -0.3 is 24.6 Å². The van der Waals surface area contributed by atoms with Gasteiger partial charge in [0.1, 0.15) is 17.6 Å². The molecule has 2 fully saturated rings. The number of anilines is 3. The number of halogens is 2. The highest BCUT2D eigenvalue weighted by atomic mass is 35.5. The van der Waals surface area contributed by atoms with Crippen molar-refractivity contribution in [1.82, 2.24) is 9.80 Å². The molecule has 0 bridgehead atoms. The Bertz CT molecular complexity index is 1600. The van der Waals surface area contributed by atoms with Crippen LogP contribution in [0.1, 0.15) is 30.1 Å². The molecular weight excluding hydrogens is 645 g/mol. The number of hydrogen-bond acceptors (Lipinski definition) is 8. The minimum absolute atomic E-state index is 0.130. The van der Waals surface area contributed by atoms with Crippen molar-refractivity contribution in [2.75, 3.05) is 68.1 Å². The van der Waals surface area contributed by atoms with E-state index in [0.717, 1.165) is 38.4 Å². The van der Waals surface area contributed by atoms with Crippen LogP contribution in [-0.2, 0) is 14.3 Å². The van der Waals surface area contributed by atoms with E-state index in [-0.39, 0.29) is 30.7 Å². The van der Waals surface area contributed by atoms with E-state index in [1.165, 1.54) is 24.1 Å². The van der Waals surface area contributed by atoms with Gasteiger partial charge in [-0.15, -0.1) is 0 Å². The summed E-state index contributed by atoms with van der Waals surface area (Å²) in [5.74, 6) is -0.919. The van der Waals surface area contributed by atoms with Crippen molar-refractivity contribution in [1.29, 1.82) is 0 Å². The average Bonchev–Trinajstić information content (AvgIpc) is 3.29. The molecule has 2 aliphatic heterocycles. The summed E-state index contributed by atoms with van der Waals surface area (Å²) in [4.78, 5) is 46.9. The van der Waals surface area contributed by atoms with Crippen molar-refractivity contribution in [2.24, 2.45) is 0 Å². The second-order valence-electron chi connectivity index (χ2n) is 11.2. The van der Waals surface area contributed by atoms with Gasteiger partial charge in [0, 0.05) is 44.1 Å². The van der Waals surface area contributed by atoms with Crippen LogP contribution in [0, 0.1) is 5.82 Å². The number of nitrogens with one attached hydrogen (secondary N) is 1. The molecule has 3 aromatic rings. The fourth-order valence-electron chi connectivity index (χ4n) is 5.76. The number of thiocarbonyl (C=S) groups is 1. The van der Waals surface area contributed by atoms with Gasteiger partial charge in [-0.3, -0.25) is 19.4 Å². The summed E-state index contributed by atoms with van der Waals surface area (Å²) in [5, 5.41) is 3.46. The Morgan fingerprint density at radius 1 is 0.979 bits per heavy atom. The number of rotatable bonds is 12. The van der Waals surface area contributed by atoms with Gasteiger partial charge >= 0.3 is 5.97 Å². The van der Waals surface area contributed by atoms with Gasteiger partial charge in [-0.05, 0) is 98.8 Å². The molecule has 1 atom stereocenters. The number of piperazine rings is 1. The molecule has 0 radical (unpaired) electrons. The lowest BCUT2D eigenvalue weighted by Crippen LogP contribution is -2.47. The lowest BCUT2D eigenvalue weighted by molar-refractivity contribution is -0.124. The fraction of sp³-hybridized carbons (Fsp3) is 0.353. The van der Waals surface area contributed by atoms with Crippen molar-refractivity contribution in [3.05, 3.63) is 83.1 Å². The molecule has 0 aromatic heterocycles. The first kappa shape index (κ1) is 34.1. The molecule has 248 valence electrons. The summed E-state index contributed by atoms with van der Waals surface area (Å²) in [6.07, 6.45) is 0.587. The summed E-state index contributed by atoms with van der Waals surface area (Å²) in [7, 11) is 1.51. The fourth-order valence-corrected chi connectivity index (χ4v) is 6.42. The second kappa shape index (κ2) is 15.6. The zero-order valence-corrected chi connectivity index (χ0v) is 27.9. The van der Waals surface area contributed by atoms with Crippen molar-refractivity contribution in [3.63, 3.8) is 0 Å². The van der Waals surface area contributed by atoms with Crippen molar-refractivity contribution in [2.45, 2.75) is 25.8 Å². The van der Waals surface area contributed by atoms with Crippen LogP contribution >= 0.6 is 23.8 Å². The number of benzene rings is 3. The third kappa shape index (κ3) is 8.19. The molecule has 2 aliphatic rings. The molecule has 10 nitrogen and oxygen atoms in total. The summed E-state index contributed by atoms with van der Waals surface area (Å²) < 4.78 is 23.6. The minimum atomic E-state index is -0.822. The normalized spacial score (nSPS) is 16.9. The summed E-state index contributed by atoms with van der Waals surface area (Å²) >= 11 is 12.2. The number of hydrogen-bond donors (Lipinski definition) is 1. The average molecular weight is 682 g/mol. The maximum absolute atomic E-state index is 13.9. The number of methoxy groups -OCH3 is 1. The molecule has 2 heterocycles. The van der Waals surface area contributed by atoms with Crippen LogP contribution in [0.25, 0.3) is 0 Å². The van der Waals surface area contributed by atoms with E-state index in [9.17, 15) is 18.8 Å². The van der Waals surface area contributed by atoms with Gasteiger partial charge in [0.2, 0.25) is 5.91 Å². The SMILES string of the molecule is CCOC(=O)c1ccc(NC(=O)C[C@@H]2C(=O)N(c3ccc(OC)c(Cl)c3)C(=S)N2CCCN2CCN(c3ccc(F)cc3)CC2)cc1. The highest BCUT2D eigenvalue weighted by Crippen LogP contribution is 2.33. The third-order valence-electron chi connectivity index (χ3n) is 8.21. The van der Waals surface area contributed by atoms with E-state index in [2.05, 4.69) is 15.1 Å². The first-order valence-electron chi connectivity index (χ1n) is 15.5. The topological polar surface area (TPSA) is 94.7 Å². The van der Waals surface area contributed by atoms with Gasteiger partial charge in [0.25, 0.3) is 5.91 Å². The van der Waals surface area contributed by atoms with Crippen molar-refractivity contribution < 1.29 is 28.2 Å². The largest absolute Gasteiger partial charge is 0.495 e. The van der Waals surface area contributed by atoms with Crippen LogP contribution < -0.4 is 19.9 Å². The molecule has 5 rings (SSSR count). The van der Waals surface area contributed by atoms with Crippen molar-refractivity contribution in [3.8, 4) is 5.75 Å². The second-order valence-corrected chi connectivity index (χ2v) is 12.0. The molecular formula is C34H37ClFN5O5S. The summed E-state index contributed by atoms with van der Waals surface area (Å²) in [5.41, 5.74) is 2.35. The number of ether oxygens (including phenoxy) is 2. The lowest BCUT2D eigenvalue weighted by atomic mass is 10.1. The number of esters is 1. The third-order valence-corrected chi connectivity index (χ3v) is 8.92. The van der Waals surface area contributed by atoms with Crippen LogP contribution in [0.15, 0.2) is 66.7 Å². The molecule has 0 aliphatic carbocycles. The molecule has 3 aromatic carbocycles. The Morgan fingerprint density at radius 3 is 2.30 bits per heavy atom. The minimum Gasteiger partial charge on any atom is -0.495 e. The Balaban J connectivity index is 1.24. The van der Waals surface area contributed by atoms with E-state index in [0.29, 0.717) is 45.8 Å². The Morgan fingerprint density at radius 2 is 1.66 bits per heavy atom. The molecule has 1 N–H and O–H groups in total. The van der Waals surface area contributed by atoms with Crippen LogP contribution in [0.3, 0.4) is 0 Å². The summed E-state index contributed by atoms with van der Waals surface area (Å²) in [6, 6.07) is 17.1. The van der Waals surface area contributed by atoms with Gasteiger partial charge in [0.15, 0.2) is 5.11 Å². The molecule has 0 unspecified atom stereocenters.